The molecule has 0 fully saturated rings. The Kier molecular flexibility index (Phi) is 61.0. The lowest BCUT2D eigenvalue weighted by Gasteiger charge is -2.22. The van der Waals surface area contributed by atoms with E-state index in [0.29, 0.717) is 25.9 Å². The van der Waals surface area contributed by atoms with Gasteiger partial charge in [-0.3, -0.25) is 9.59 Å². The molecule has 2 unspecified atom stereocenters. The second-order valence-electron chi connectivity index (χ2n) is 22.4. The van der Waals surface area contributed by atoms with E-state index < -0.39 is 12.1 Å². The van der Waals surface area contributed by atoms with Crippen LogP contribution in [0.1, 0.15) is 354 Å². The number of carbonyl (C=O) groups is 2. The molecule has 0 rings (SSSR count). The molecule has 1 amide bonds. The van der Waals surface area contributed by atoms with Gasteiger partial charge in [0.1, 0.15) is 0 Å². The van der Waals surface area contributed by atoms with Gasteiger partial charge in [-0.2, -0.15) is 0 Å². The Bertz CT molecular complexity index is 1180. The van der Waals surface area contributed by atoms with Gasteiger partial charge in [-0.1, -0.05) is 301 Å². The Morgan fingerprint density at radius 3 is 1.11 bits per heavy atom. The highest BCUT2D eigenvalue weighted by atomic mass is 16.5. The number of aliphatic hydroxyl groups is 2. The van der Waals surface area contributed by atoms with Crippen LogP contribution in [0.25, 0.3) is 0 Å². The lowest BCUT2D eigenvalue weighted by atomic mass is 10.0. The number of esters is 1. The topological polar surface area (TPSA) is 95.9 Å². The van der Waals surface area contributed by atoms with Gasteiger partial charge in [0.15, 0.2) is 0 Å². The molecule has 0 aliphatic rings. The van der Waals surface area contributed by atoms with Crippen molar-refractivity contribution in [3.63, 3.8) is 0 Å². The van der Waals surface area contributed by atoms with E-state index in [9.17, 15) is 19.8 Å². The molecule has 0 heterocycles. The number of allylic oxidation sites excluding steroid dienone is 6. The molecule has 0 aromatic rings. The van der Waals surface area contributed by atoms with Gasteiger partial charge in [0.05, 0.1) is 25.4 Å². The number of carbonyl (C=O) groups excluding carboxylic acids is 2. The molecule has 0 aliphatic carbocycles. The monoisotopic (exact) mass is 1030 g/mol. The van der Waals surface area contributed by atoms with E-state index in [0.717, 1.165) is 51.4 Å². The number of ether oxygens (including phenoxy) is 1. The van der Waals surface area contributed by atoms with Crippen LogP contribution in [0.3, 0.4) is 0 Å². The highest BCUT2D eigenvalue weighted by Crippen LogP contribution is 2.18. The summed E-state index contributed by atoms with van der Waals surface area (Å²) in [5.41, 5.74) is 0. The summed E-state index contributed by atoms with van der Waals surface area (Å²) in [6, 6.07) is -0.543. The summed E-state index contributed by atoms with van der Waals surface area (Å²) >= 11 is 0. The molecule has 3 N–H and O–H groups in total. The summed E-state index contributed by atoms with van der Waals surface area (Å²) in [7, 11) is 0. The lowest BCUT2D eigenvalue weighted by Crippen LogP contribution is -2.45. The Morgan fingerprint density at radius 1 is 0.384 bits per heavy atom. The van der Waals surface area contributed by atoms with Crippen LogP contribution in [-0.4, -0.2) is 47.4 Å². The van der Waals surface area contributed by atoms with Gasteiger partial charge < -0.3 is 20.3 Å². The molecular weight excluding hydrogens is 899 g/mol. The lowest BCUT2D eigenvalue weighted by molar-refractivity contribution is -0.143. The first kappa shape index (κ1) is 71.1. The van der Waals surface area contributed by atoms with Crippen LogP contribution < -0.4 is 5.32 Å². The van der Waals surface area contributed by atoms with Gasteiger partial charge in [0.2, 0.25) is 5.91 Å². The van der Waals surface area contributed by atoms with Gasteiger partial charge >= 0.3 is 5.97 Å². The summed E-state index contributed by atoms with van der Waals surface area (Å²) in [4.78, 5) is 24.5. The number of unbranched alkanes of at least 4 members (excludes halogenated alkanes) is 44. The average molecular weight is 1030 g/mol. The minimum atomic E-state index is -0.666. The first-order chi connectivity index (χ1) is 36.0. The van der Waals surface area contributed by atoms with E-state index in [1.165, 1.54) is 270 Å². The Labute approximate surface area is 455 Å². The normalized spacial score (nSPS) is 12.8. The van der Waals surface area contributed by atoms with Crippen molar-refractivity contribution in [1.29, 1.82) is 0 Å². The molecule has 2 atom stereocenters. The first-order valence-electron chi connectivity index (χ1n) is 32.7. The zero-order chi connectivity index (χ0) is 52.9. The fraction of sp³-hybridized carbons (Fsp3) is 0.881. The van der Waals surface area contributed by atoms with E-state index in [4.69, 9.17) is 4.74 Å². The maximum absolute atomic E-state index is 12.5. The third-order valence-corrected chi connectivity index (χ3v) is 15.1. The quantitative estimate of drug-likeness (QED) is 0.0320. The van der Waals surface area contributed by atoms with Crippen molar-refractivity contribution < 1.29 is 24.5 Å². The Balaban J connectivity index is 3.40. The number of rotatable bonds is 61. The molecule has 0 saturated heterocycles. The maximum atomic E-state index is 12.5. The van der Waals surface area contributed by atoms with Crippen molar-refractivity contribution in [2.24, 2.45) is 0 Å². The van der Waals surface area contributed by atoms with Gasteiger partial charge in [0.25, 0.3) is 0 Å². The molecule has 0 saturated carbocycles. The molecule has 0 aromatic carbocycles. The minimum absolute atomic E-state index is 0.000902. The highest BCUT2D eigenvalue weighted by Gasteiger charge is 2.20. The highest BCUT2D eigenvalue weighted by molar-refractivity contribution is 5.76. The van der Waals surface area contributed by atoms with Crippen LogP contribution in [-0.2, 0) is 14.3 Å². The second kappa shape index (κ2) is 62.6. The van der Waals surface area contributed by atoms with Crippen molar-refractivity contribution in [3.8, 4) is 0 Å². The number of nitrogens with one attached hydrogen (secondary N) is 1. The molecule has 6 heteroatoms. The average Bonchev–Trinajstić information content (AvgIpc) is 3.39. The first-order valence-corrected chi connectivity index (χ1v) is 32.7. The molecule has 0 aromatic heterocycles. The van der Waals surface area contributed by atoms with Gasteiger partial charge in [-0.15, -0.1) is 0 Å². The van der Waals surface area contributed by atoms with Gasteiger partial charge in [-0.25, -0.2) is 0 Å². The van der Waals surface area contributed by atoms with Crippen LogP contribution in [0, 0.1) is 0 Å². The van der Waals surface area contributed by atoms with Gasteiger partial charge in [0, 0.05) is 12.8 Å². The summed E-state index contributed by atoms with van der Waals surface area (Å²) in [6.07, 6.45) is 78.8. The summed E-state index contributed by atoms with van der Waals surface area (Å²) in [6.45, 7) is 4.90. The minimum Gasteiger partial charge on any atom is -0.466 e. The van der Waals surface area contributed by atoms with Crippen LogP contribution in [0.2, 0.25) is 0 Å². The Hall–Kier alpha value is -1.92. The maximum Gasteiger partial charge on any atom is 0.305 e. The van der Waals surface area contributed by atoms with E-state index in [1.807, 2.05) is 0 Å². The fourth-order valence-electron chi connectivity index (χ4n) is 10.1. The van der Waals surface area contributed by atoms with Crippen molar-refractivity contribution >= 4 is 11.9 Å². The van der Waals surface area contributed by atoms with Crippen LogP contribution in [0.4, 0.5) is 0 Å². The Morgan fingerprint density at radius 2 is 0.712 bits per heavy atom. The zero-order valence-electron chi connectivity index (χ0n) is 49.1. The van der Waals surface area contributed by atoms with Crippen molar-refractivity contribution in [2.75, 3.05) is 13.2 Å². The molecule has 0 aliphatic heterocycles. The summed E-state index contributed by atoms with van der Waals surface area (Å²) in [5.74, 6) is -0.0353. The van der Waals surface area contributed by atoms with Crippen molar-refractivity contribution in [2.45, 2.75) is 366 Å². The molecule has 430 valence electrons. The van der Waals surface area contributed by atoms with E-state index in [2.05, 4.69) is 55.6 Å². The van der Waals surface area contributed by atoms with E-state index >= 15 is 0 Å². The van der Waals surface area contributed by atoms with E-state index in [1.54, 1.807) is 0 Å². The third-order valence-electron chi connectivity index (χ3n) is 15.1. The van der Waals surface area contributed by atoms with Crippen LogP contribution >= 0.6 is 0 Å². The molecule has 73 heavy (non-hydrogen) atoms. The predicted octanol–water partition coefficient (Wildman–Crippen LogP) is 20.8. The van der Waals surface area contributed by atoms with Crippen molar-refractivity contribution in [3.05, 3.63) is 36.5 Å². The van der Waals surface area contributed by atoms with Gasteiger partial charge in [-0.05, 0) is 77.0 Å². The van der Waals surface area contributed by atoms with Crippen molar-refractivity contribution in [1.82, 2.24) is 5.32 Å². The number of hydrogen-bond donors (Lipinski definition) is 3. The molecule has 6 nitrogen and oxygen atoms in total. The third kappa shape index (κ3) is 59.2. The predicted molar refractivity (Wildman–Crippen MR) is 319 cm³/mol. The molecule has 0 radical (unpaired) electrons. The zero-order valence-corrected chi connectivity index (χ0v) is 49.1. The number of amides is 1. The number of hydrogen-bond acceptors (Lipinski definition) is 5. The summed E-state index contributed by atoms with van der Waals surface area (Å²) in [5, 5.41) is 23.3. The molecule has 0 spiro atoms. The standard InChI is InChI=1S/C67H127NO5/c1-3-5-7-9-11-13-15-17-18-29-32-36-39-43-47-51-55-59-65(70)64(63-69)68-66(71)60-56-52-48-44-40-37-33-30-27-25-23-21-19-20-22-24-26-28-31-34-38-42-46-50-54-58-62-73-67(72)61-57-53-49-45-41-35-16-14-12-10-8-6-4-2/h8,10,14,16,19,21,64-65,69-70H,3-7,9,11-13,15,17-18,20,22-63H2,1-2H3,(H,68,71)/b10-8-,16-14-,21-19-. The molecular formula is C67H127NO5. The SMILES string of the molecule is CCC/C=C\C/C=C\CCCCCCCC(=O)OCCCCCCCCCCCCCC/C=C\CCCCCCCCCCCCC(=O)NC(CO)C(O)CCCCCCCCCCCCCCCCCCC. The summed E-state index contributed by atoms with van der Waals surface area (Å²) < 4.78 is 5.47. The van der Waals surface area contributed by atoms with E-state index in [-0.39, 0.29) is 18.5 Å². The largest absolute Gasteiger partial charge is 0.466 e. The fourth-order valence-corrected chi connectivity index (χ4v) is 10.1. The van der Waals surface area contributed by atoms with Crippen LogP contribution in [0.5, 0.6) is 0 Å². The second-order valence-corrected chi connectivity index (χ2v) is 22.4. The smallest absolute Gasteiger partial charge is 0.305 e. The molecule has 0 bridgehead atoms. The number of aliphatic hydroxyl groups excluding tert-OH is 2. The van der Waals surface area contributed by atoms with Crippen LogP contribution in [0.15, 0.2) is 36.5 Å².